The summed E-state index contributed by atoms with van der Waals surface area (Å²) < 4.78 is 0. The molecule has 0 N–H and O–H groups in total. The maximum atomic E-state index is 2.45. The Morgan fingerprint density at radius 3 is 1.67 bits per heavy atom. The quantitative estimate of drug-likeness (QED) is 0.502. The highest BCUT2D eigenvalue weighted by molar-refractivity contribution is 5.15. The van der Waals surface area contributed by atoms with E-state index in [1.54, 1.807) is 5.57 Å². The van der Waals surface area contributed by atoms with Crippen molar-refractivity contribution in [3.8, 4) is 0 Å². The Morgan fingerprint density at radius 2 is 1.40 bits per heavy atom. The Hall–Kier alpha value is -0.260. The third-order valence-corrected chi connectivity index (χ3v) is 4.98. The molecule has 0 fully saturated rings. The number of hydrogen-bond acceptors (Lipinski definition) is 0. The van der Waals surface area contributed by atoms with Crippen LogP contribution in [-0.4, -0.2) is 0 Å². The fourth-order valence-corrected chi connectivity index (χ4v) is 2.74. The van der Waals surface area contributed by atoms with Crippen LogP contribution in [0.15, 0.2) is 11.6 Å². The van der Waals surface area contributed by atoms with Crippen molar-refractivity contribution in [2.75, 3.05) is 0 Å². The molecule has 0 aromatic carbocycles. The molecule has 0 aromatic rings. The predicted octanol–water partition coefficient (Wildman–Crippen LogP) is 5.59. The van der Waals surface area contributed by atoms with Gasteiger partial charge >= 0.3 is 0 Å². The van der Waals surface area contributed by atoms with Crippen molar-refractivity contribution in [3.05, 3.63) is 11.6 Å². The van der Waals surface area contributed by atoms with Crippen LogP contribution in [0.5, 0.6) is 0 Å². The van der Waals surface area contributed by atoms with Crippen LogP contribution in [0.4, 0.5) is 0 Å². The molecule has 15 heavy (non-hydrogen) atoms. The van der Waals surface area contributed by atoms with Crippen LogP contribution >= 0.6 is 0 Å². The first-order valence-corrected chi connectivity index (χ1v) is 6.59. The Labute approximate surface area is 97.2 Å². The smallest absolute Gasteiger partial charge is 0.00682 e. The second-order valence-corrected chi connectivity index (χ2v) is 5.25. The average molecular weight is 210 g/mol. The summed E-state index contributed by atoms with van der Waals surface area (Å²) >= 11 is 0. The van der Waals surface area contributed by atoms with E-state index in [1.807, 2.05) is 0 Å². The fraction of sp³-hybridized carbons (Fsp3) is 0.867. The molecule has 0 saturated carbocycles. The molecule has 0 bridgehead atoms. The molecule has 90 valence electrons. The van der Waals surface area contributed by atoms with Crippen molar-refractivity contribution in [1.82, 2.24) is 0 Å². The second kappa shape index (κ2) is 5.72. The molecule has 0 aliphatic carbocycles. The molecular formula is C15H30. The van der Waals surface area contributed by atoms with Gasteiger partial charge in [0.2, 0.25) is 0 Å². The van der Waals surface area contributed by atoms with Crippen LogP contribution in [0.2, 0.25) is 0 Å². The SMILES string of the molecule is CCC=C(C)C(C)(CC)C(C)(CC)CC. The monoisotopic (exact) mass is 210 g/mol. The topological polar surface area (TPSA) is 0 Å². The van der Waals surface area contributed by atoms with E-state index >= 15 is 0 Å². The van der Waals surface area contributed by atoms with Gasteiger partial charge in [-0.3, -0.25) is 0 Å². The summed E-state index contributed by atoms with van der Waals surface area (Å²) in [4.78, 5) is 0. The molecule has 0 aromatic heterocycles. The lowest BCUT2D eigenvalue weighted by Gasteiger charge is -2.47. The summed E-state index contributed by atoms with van der Waals surface area (Å²) in [5.41, 5.74) is 2.39. The van der Waals surface area contributed by atoms with Gasteiger partial charge in [-0.2, -0.15) is 0 Å². The summed E-state index contributed by atoms with van der Waals surface area (Å²) in [6, 6.07) is 0. The second-order valence-electron chi connectivity index (χ2n) is 5.25. The molecule has 0 aliphatic rings. The van der Waals surface area contributed by atoms with Gasteiger partial charge in [-0.1, -0.05) is 53.2 Å². The minimum atomic E-state index is 0.368. The van der Waals surface area contributed by atoms with Crippen molar-refractivity contribution in [1.29, 1.82) is 0 Å². The number of hydrogen-bond donors (Lipinski definition) is 0. The maximum Gasteiger partial charge on any atom is -0.00682 e. The molecule has 0 amide bonds. The van der Waals surface area contributed by atoms with Crippen LogP contribution < -0.4 is 0 Å². The molecule has 0 saturated heterocycles. The normalized spacial score (nSPS) is 17.7. The molecule has 0 heterocycles. The summed E-state index contributed by atoms with van der Waals surface area (Å²) in [5, 5.41) is 0. The summed E-state index contributed by atoms with van der Waals surface area (Å²) in [6.07, 6.45) is 7.34. The van der Waals surface area contributed by atoms with Crippen molar-refractivity contribution in [2.24, 2.45) is 10.8 Å². The van der Waals surface area contributed by atoms with Gasteiger partial charge < -0.3 is 0 Å². The third-order valence-electron chi connectivity index (χ3n) is 4.98. The molecule has 1 unspecified atom stereocenters. The van der Waals surface area contributed by atoms with Crippen molar-refractivity contribution in [2.45, 2.75) is 74.1 Å². The van der Waals surface area contributed by atoms with E-state index in [4.69, 9.17) is 0 Å². The van der Waals surface area contributed by atoms with Crippen LogP contribution in [0, 0.1) is 10.8 Å². The van der Waals surface area contributed by atoms with Gasteiger partial charge in [0, 0.05) is 0 Å². The Bertz CT molecular complexity index is 208. The van der Waals surface area contributed by atoms with Crippen molar-refractivity contribution in [3.63, 3.8) is 0 Å². The Balaban J connectivity index is 5.23. The van der Waals surface area contributed by atoms with E-state index in [1.165, 1.54) is 19.3 Å². The first-order chi connectivity index (χ1) is 6.91. The van der Waals surface area contributed by atoms with E-state index < -0.39 is 0 Å². The van der Waals surface area contributed by atoms with Crippen LogP contribution in [0.25, 0.3) is 0 Å². The lowest BCUT2D eigenvalue weighted by Crippen LogP contribution is -2.37. The van der Waals surface area contributed by atoms with Crippen LogP contribution in [-0.2, 0) is 0 Å². The first-order valence-electron chi connectivity index (χ1n) is 6.59. The molecule has 0 spiro atoms. The highest BCUT2D eigenvalue weighted by Gasteiger charge is 2.41. The number of rotatable bonds is 6. The largest absolute Gasteiger partial charge is 0.0853 e. The van der Waals surface area contributed by atoms with E-state index in [0.717, 1.165) is 6.42 Å². The maximum absolute atomic E-state index is 2.45. The molecule has 0 heteroatoms. The third kappa shape index (κ3) is 2.65. The summed E-state index contributed by atoms with van der Waals surface area (Å²) in [6.45, 7) is 16.4. The minimum Gasteiger partial charge on any atom is -0.0853 e. The zero-order valence-corrected chi connectivity index (χ0v) is 11.9. The fourth-order valence-electron chi connectivity index (χ4n) is 2.74. The Kier molecular flexibility index (Phi) is 5.62. The predicted molar refractivity (Wildman–Crippen MR) is 71.1 cm³/mol. The van der Waals surface area contributed by atoms with E-state index in [2.05, 4.69) is 54.5 Å². The first kappa shape index (κ1) is 14.7. The number of allylic oxidation sites excluding steroid dienone is 2. The molecule has 0 rings (SSSR count). The summed E-state index contributed by atoms with van der Waals surface area (Å²) in [5.74, 6) is 0. The Morgan fingerprint density at radius 1 is 0.933 bits per heavy atom. The highest BCUT2D eigenvalue weighted by atomic mass is 14.5. The lowest BCUT2D eigenvalue weighted by atomic mass is 9.58. The van der Waals surface area contributed by atoms with Gasteiger partial charge in [0.25, 0.3) is 0 Å². The van der Waals surface area contributed by atoms with Crippen LogP contribution in [0.3, 0.4) is 0 Å². The van der Waals surface area contributed by atoms with Crippen molar-refractivity contribution < 1.29 is 0 Å². The molecular weight excluding hydrogens is 180 g/mol. The minimum absolute atomic E-state index is 0.368. The average Bonchev–Trinajstić information content (AvgIpc) is 2.26. The van der Waals surface area contributed by atoms with Gasteiger partial charge in [0.05, 0.1) is 0 Å². The van der Waals surface area contributed by atoms with E-state index in [-0.39, 0.29) is 0 Å². The van der Waals surface area contributed by atoms with Gasteiger partial charge in [-0.15, -0.1) is 0 Å². The van der Waals surface area contributed by atoms with E-state index in [0.29, 0.717) is 10.8 Å². The van der Waals surface area contributed by atoms with Gasteiger partial charge in [0.1, 0.15) is 0 Å². The molecule has 0 nitrogen and oxygen atoms in total. The van der Waals surface area contributed by atoms with Crippen LogP contribution in [0.1, 0.15) is 74.1 Å². The van der Waals surface area contributed by atoms with E-state index in [9.17, 15) is 0 Å². The standard InChI is InChI=1S/C15H30/c1-8-12-13(5)15(7,11-4)14(6,9-2)10-3/h12H,8-11H2,1-7H3. The van der Waals surface area contributed by atoms with Gasteiger partial charge in [0.15, 0.2) is 0 Å². The van der Waals surface area contributed by atoms with Gasteiger partial charge in [-0.05, 0) is 43.4 Å². The van der Waals surface area contributed by atoms with Gasteiger partial charge in [-0.25, -0.2) is 0 Å². The van der Waals surface area contributed by atoms with Crippen molar-refractivity contribution >= 4 is 0 Å². The zero-order chi connectivity index (χ0) is 12.1. The lowest BCUT2D eigenvalue weighted by molar-refractivity contribution is 0.0909. The molecule has 1 atom stereocenters. The summed E-state index contributed by atoms with van der Waals surface area (Å²) in [7, 11) is 0. The zero-order valence-electron chi connectivity index (χ0n) is 11.9. The molecule has 0 aliphatic heterocycles. The molecule has 0 radical (unpaired) electrons. The highest BCUT2D eigenvalue weighted by Crippen LogP contribution is 2.51.